The van der Waals surface area contributed by atoms with Crippen LogP contribution in [0.2, 0.25) is 5.02 Å². The maximum absolute atomic E-state index is 10.9. The molecule has 0 unspecified atom stereocenters. The lowest BCUT2D eigenvalue weighted by atomic mass is 10.1. The fraction of sp³-hybridized carbons (Fsp3) is 0.133. The van der Waals surface area contributed by atoms with Gasteiger partial charge in [0, 0.05) is 0 Å². The number of aromatic carboxylic acids is 1. The topological polar surface area (TPSA) is 46.5 Å². The van der Waals surface area contributed by atoms with Crippen LogP contribution in [0.15, 0.2) is 36.4 Å². The quantitative estimate of drug-likeness (QED) is 0.901. The Kier molecular flexibility index (Phi) is 3.76. The minimum absolute atomic E-state index is 0.266. The molecule has 0 spiro atoms. The van der Waals surface area contributed by atoms with Gasteiger partial charge in [-0.25, -0.2) is 4.79 Å². The molecule has 0 aliphatic carbocycles. The maximum atomic E-state index is 10.9. The van der Waals surface area contributed by atoms with E-state index >= 15 is 0 Å². The van der Waals surface area contributed by atoms with Gasteiger partial charge in [-0.1, -0.05) is 17.7 Å². The molecule has 0 aromatic heterocycles. The van der Waals surface area contributed by atoms with Crippen LogP contribution >= 0.6 is 11.6 Å². The number of hydrogen-bond donors (Lipinski definition) is 1. The summed E-state index contributed by atoms with van der Waals surface area (Å²) >= 11 is 6.05. The average Bonchev–Trinajstić information content (AvgIpc) is 2.33. The number of aryl methyl sites for hydroxylation is 2. The number of carboxylic acids is 1. The van der Waals surface area contributed by atoms with Crippen molar-refractivity contribution in [3.63, 3.8) is 0 Å². The van der Waals surface area contributed by atoms with Crippen LogP contribution in [0.25, 0.3) is 0 Å². The summed E-state index contributed by atoms with van der Waals surface area (Å²) in [7, 11) is 0. The van der Waals surface area contributed by atoms with Gasteiger partial charge in [0.15, 0.2) is 0 Å². The SMILES string of the molecule is Cc1ccc(Cl)c(Oc2ccc(C(=O)O)c(C)c2)c1. The van der Waals surface area contributed by atoms with Gasteiger partial charge >= 0.3 is 5.97 Å². The molecule has 19 heavy (non-hydrogen) atoms. The monoisotopic (exact) mass is 276 g/mol. The first-order chi connectivity index (χ1) is 8.97. The largest absolute Gasteiger partial charge is 0.478 e. The molecule has 2 aromatic rings. The number of halogens is 1. The standard InChI is InChI=1S/C15H13ClO3/c1-9-3-6-13(16)14(7-9)19-11-4-5-12(15(17)18)10(2)8-11/h3-8H,1-2H3,(H,17,18). The zero-order valence-corrected chi connectivity index (χ0v) is 11.4. The fourth-order valence-electron chi connectivity index (χ4n) is 1.76. The Morgan fingerprint density at radius 2 is 1.89 bits per heavy atom. The van der Waals surface area contributed by atoms with E-state index in [0.29, 0.717) is 22.1 Å². The molecule has 0 saturated carbocycles. The summed E-state index contributed by atoms with van der Waals surface area (Å²) in [5.41, 5.74) is 1.95. The van der Waals surface area contributed by atoms with Gasteiger partial charge in [0.05, 0.1) is 10.6 Å². The molecule has 0 radical (unpaired) electrons. The van der Waals surface area contributed by atoms with E-state index in [1.165, 1.54) is 6.07 Å². The van der Waals surface area contributed by atoms with E-state index < -0.39 is 5.97 Å². The molecule has 3 nitrogen and oxygen atoms in total. The van der Waals surface area contributed by atoms with Crippen LogP contribution in [-0.2, 0) is 0 Å². The van der Waals surface area contributed by atoms with Crippen LogP contribution < -0.4 is 4.74 Å². The van der Waals surface area contributed by atoms with E-state index in [0.717, 1.165) is 5.56 Å². The fourth-order valence-corrected chi connectivity index (χ4v) is 1.91. The number of rotatable bonds is 3. The number of hydrogen-bond acceptors (Lipinski definition) is 2. The Morgan fingerprint density at radius 3 is 2.53 bits per heavy atom. The van der Waals surface area contributed by atoms with Gasteiger partial charge in [-0.05, 0) is 55.3 Å². The Balaban J connectivity index is 2.31. The second-order valence-corrected chi connectivity index (χ2v) is 4.73. The van der Waals surface area contributed by atoms with Crippen LogP contribution in [0.1, 0.15) is 21.5 Å². The van der Waals surface area contributed by atoms with Gasteiger partial charge < -0.3 is 9.84 Å². The van der Waals surface area contributed by atoms with Crippen molar-refractivity contribution in [3.8, 4) is 11.5 Å². The molecule has 0 aliphatic rings. The van der Waals surface area contributed by atoms with Crippen molar-refractivity contribution in [2.45, 2.75) is 13.8 Å². The highest BCUT2D eigenvalue weighted by atomic mass is 35.5. The molecule has 0 fully saturated rings. The van der Waals surface area contributed by atoms with Gasteiger partial charge in [0.1, 0.15) is 11.5 Å². The van der Waals surface area contributed by atoms with Crippen LogP contribution in [0.3, 0.4) is 0 Å². The van der Waals surface area contributed by atoms with Crippen LogP contribution in [0.4, 0.5) is 0 Å². The number of benzene rings is 2. The summed E-state index contributed by atoms with van der Waals surface area (Å²) < 4.78 is 5.68. The Morgan fingerprint density at radius 1 is 1.16 bits per heavy atom. The van der Waals surface area contributed by atoms with Crippen molar-refractivity contribution in [2.75, 3.05) is 0 Å². The third-order valence-corrected chi connectivity index (χ3v) is 3.06. The third kappa shape index (κ3) is 3.06. The molecular formula is C15H13ClO3. The highest BCUT2D eigenvalue weighted by Gasteiger charge is 2.09. The molecule has 0 heterocycles. The Bertz CT molecular complexity index is 635. The van der Waals surface area contributed by atoms with Crippen molar-refractivity contribution in [1.82, 2.24) is 0 Å². The van der Waals surface area contributed by atoms with E-state index in [1.807, 2.05) is 19.1 Å². The molecule has 0 aliphatic heterocycles. The summed E-state index contributed by atoms with van der Waals surface area (Å²) in [4.78, 5) is 10.9. The van der Waals surface area contributed by atoms with Gasteiger partial charge in [-0.3, -0.25) is 0 Å². The zero-order chi connectivity index (χ0) is 14.0. The summed E-state index contributed by atoms with van der Waals surface area (Å²) in [6.45, 7) is 3.68. The molecule has 0 bridgehead atoms. The molecule has 0 amide bonds. The molecule has 2 aromatic carbocycles. The zero-order valence-electron chi connectivity index (χ0n) is 10.6. The number of carboxylic acid groups (broad SMARTS) is 1. The van der Waals surface area contributed by atoms with Crippen molar-refractivity contribution >= 4 is 17.6 Å². The summed E-state index contributed by atoms with van der Waals surface area (Å²) in [5.74, 6) is 0.178. The summed E-state index contributed by atoms with van der Waals surface area (Å²) in [6, 6.07) is 10.3. The second kappa shape index (κ2) is 5.33. The molecular weight excluding hydrogens is 264 g/mol. The normalized spacial score (nSPS) is 10.3. The lowest BCUT2D eigenvalue weighted by molar-refractivity contribution is 0.0696. The highest BCUT2D eigenvalue weighted by Crippen LogP contribution is 2.31. The van der Waals surface area contributed by atoms with Crippen LogP contribution in [-0.4, -0.2) is 11.1 Å². The van der Waals surface area contributed by atoms with Gasteiger partial charge in [0.2, 0.25) is 0 Å². The minimum Gasteiger partial charge on any atom is -0.478 e. The predicted molar refractivity (Wildman–Crippen MR) is 74.4 cm³/mol. The summed E-state index contributed by atoms with van der Waals surface area (Å²) in [6.07, 6.45) is 0. The molecule has 0 saturated heterocycles. The van der Waals surface area contributed by atoms with E-state index in [-0.39, 0.29) is 5.56 Å². The average molecular weight is 277 g/mol. The number of carbonyl (C=O) groups is 1. The Labute approximate surface area is 116 Å². The highest BCUT2D eigenvalue weighted by molar-refractivity contribution is 6.32. The smallest absolute Gasteiger partial charge is 0.335 e. The molecule has 1 N–H and O–H groups in total. The lowest BCUT2D eigenvalue weighted by Gasteiger charge is -2.10. The first kappa shape index (κ1) is 13.4. The minimum atomic E-state index is -0.947. The number of ether oxygens (including phenoxy) is 1. The van der Waals surface area contributed by atoms with Crippen LogP contribution in [0, 0.1) is 13.8 Å². The Hall–Kier alpha value is -2.00. The van der Waals surface area contributed by atoms with E-state index in [9.17, 15) is 4.79 Å². The van der Waals surface area contributed by atoms with Crippen LogP contribution in [0.5, 0.6) is 11.5 Å². The van der Waals surface area contributed by atoms with Crippen molar-refractivity contribution in [3.05, 3.63) is 58.1 Å². The predicted octanol–water partition coefficient (Wildman–Crippen LogP) is 4.45. The lowest BCUT2D eigenvalue weighted by Crippen LogP contribution is -1.99. The van der Waals surface area contributed by atoms with Crippen molar-refractivity contribution < 1.29 is 14.6 Å². The first-order valence-corrected chi connectivity index (χ1v) is 6.13. The molecule has 4 heteroatoms. The maximum Gasteiger partial charge on any atom is 0.335 e. The third-order valence-electron chi connectivity index (χ3n) is 2.74. The van der Waals surface area contributed by atoms with Crippen molar-refractivity contribution in [1.29, 1.82) is 0 Å². The van der Waals surface area contributed by atoms with E-state index in [2.05, 4.69) is 0 Å². The van der Waals surface area contributed by atoms with Gasteiger partial charge in [0.25, 0.3) is 0 Å². The molecule has 0 atom stereocenters. The first-order valence-electron chi connectivity index (χ1n) is 5.75. The van der Waals surface area contributed by atoms with E-state index in [4.69, 9.17) is 21.4 Å². The van der Waals surface area contributed by atoms with Gasteiger partial charge in [-0.15, -0.1) is 0 Å². The van der Waals surface area contributed by atoms with Crippen molar-refractivity contribution in [2.24, 2.45) is 0 Å². The van der Waals surface area contributed by atoms with E-state index in [1.54, 1.807) is 25.1 Å². The molecule has 98 valence electrons. The molecule has 2 rings (SSSR count). The van der Waals surface area contributed by atoms with Gasteiger partial charge in [-0.2, -0.15) is 0 Å². The second-order valence-electron chi connectivity index (χ2n) is 4.32. The summed E-state index contributed by atoms with van der Waals surface area (Å²) in [5, 5.41) is 9.48.